The van der Waals surface area contributed by atoms with E-state index in [-0.39, 0.29) is 22.3 Å². The van der Waals surface area contributed by atoms with Gasteiger partial charge in [0.2, 0.25) is 0 Å². The number of nitrogens with zero attached hydrogens (tertiary/aromatic N) is 1. The summed E-state index contributed by atoms with van der Waals surface area (Å²) in [6.45, 7) is 0. The first kappa shape index (κ1) is 19.1. The molecule has 7 heteroatoms. The van der Waals surface area contributed by atoms with Gasteiger partial charge < -0.3 is 9.57 Å². The Morgan fingerprint density at radius 2 is 1.03 bits per heavy atom. The molecule has 0 N–H and O–H groups in total. The summed E-state index contributed by atoms with van der Waals surface area (Å²) in [7, 11) is 1.27. The Kier molecular flexibility index (Phi) is 4.85. The van der Waals surface area contributed by atoms with Gasteiger partial charge in [0.1, 0.15) is 0 Å². The minimum absolute atomic E-state index is 0.0883. The van der Waals surface area contributed by atoms with E-state index < -0.39 is 23.8 Å². The van der Waals surface area contributed by atoms with Crippen LogP contribution in [0.5, 0.6) is 0 Å². The van der Waals surface area contributed by atoms with Gasteiger partial charge in [-0.05, 0) is 35.4 Å². The van der Waals surface area contributed by atoms with E-state index in [1.807, 2.05) is 0 Å². The van der Waals surface area contributed by atoms with Gasteiger partial charge in [0, 0.05) is 0 Å². The van der Waals surface area contributed by atoms with Gasteiger partial charge in [-0.1, -0.05) is 53.6 Å². The third-order valence-corrected chi connectivity index (χ3v) is 4.70. The van der Waals surface area contributed by atoms with Crippen LogP contribution in [0, 0.1) is 0 Å². The zero-order chi connectivity index (χ0) is 21.3. The Labute approximate surface area is 171 Å². The van der Waals surface area contributed by atoms with Crippen LogP contribution in [0.1, 0.15) is 41.4 Å². The fourth-order valence-corrected chi connectivity index (χ4v) is 3.28. The quantitative estimate of drug-likeness (QED) is 0.491. The zero-order valence-corrected chi connectivity index (χ0v) is 15.8. The molecule has 0 saturated heterocycles. The van der Waals surface area contributed by atoms with Crippen molar-refractivity contribution in [3.63, 3.8) is 0 Å². The zero-order valence-electron chi connectivity index (χ0n) is 15.8. The van der Waals surface area contributed by atoms with Crippen molar-refractivity contribution in [2.75, 3.05) is 7.11 Å². The van der Waals surface area contributed by atoms with Gasteiger partial charge in [-0.15, -0.1) is 0 Å². The van der Waals surface area contributed by atoms with Crippen LogP contribution in [-0.4, -0.2) is 35.9 Å². The van der Waals surface area contributed by atoms with E-state index in [0.29, 0.717) is 16.2 Å². The van der Waals surface area contributed by atoms with Crippen molar-refractivity contribution in [3.05, 3.63) is 95.1 Å². The number of methoxy groups -OCH3 is 1. The van der Waals surface area contributed by atoms with Crippen LogP contribution in [0.15, 0.2) is 72.8 Å². The SMILES string of the molecule is COC(=O)c1ccccc1-c1ccccc1C(=O)ON1C(=O)c2ccccc2C1=O. The lowest BCUT2D eigenvalue weighted by molar-refractivity contribution is -0.0584. The van der Waals surface area contributed by atoms with Crippen molar-refractivity contribution in [2.24, 2.45) is 0 Å². The summed E-state index contributed by atoms with van der Waals surface area (Å²) >= 11 is 0. The number of imide groups is 1. The predicted molar refractivity (Wildman–Crippen MR) is 106 cm³/mol. The van der Waals surface area contributed by atoms with E-state index in [4.69, 9.17) is 9.57 Å². The molecule has 30 heavy (non-hydrogen) atoms. The van der Waals surface area contributed by atoms with Gasteiger partial charge in [0.25, 0.3) is 11.8 Å². The van der Waals surface area contributed by atoms with E-state index in [1.165, 1.54) is 25.3 Å². The largest absolute Gasteiger partial charge is 0.465 e. The van der Waals surface area contributed by atoms with Gasteiger partial charge in [0.05, 0.1) is 29.4 Å². The highest BCUT2D eigenvalue weighted by Crippen LogP contribution is 2.29. The highest BCUT2D eigenvalue weighted by molar-refractivity contribution is 6.21. The fraction of sp³-hybridized carbons (Fsp3) is 0.0435. The molecule has 2 amide bonds. The summed E-state index contributed by atoms with van der Waals surface area (Å²) in [4.78, 5) is 55.2. The molecule has 3 aromatic carbocycles. The molecule has 3 aromatic rings. The molecule has 0 unspecified atom stereocenters. The third-order valence-electron chi connectivity index (χ3n) is 4.70. The molecule has 0 aromatic heterocycles. The molecule has 7 nitrogen and oxygen atoms in total. The standard InChI is InChI=1S/C23H15NO6/c1-29-22(27)18-12-6-2-8-14(18)15-9-3-7-13-19(15)23(28)30-24-20(25)16-10-4-5-11-17(16)21(24)26/h2-13H,1H3. The van der Waals surface area contributed by atoms with Crippen molar-refractivity contribution in [1.29, 1.82) is 0 Å². The Bertz CT molecular complexity index is 1160. The monoisotopic (exact) mass is 401 g/mol. The van der Waals surface area contributed by atoms with Crippen molar-refractivity contribution < 1.29 is 28.8 Å². The molecular weight excluding hydrogens is 386 g/mol. The first-order valence-corrected chi connectivity index (χ1v) is 8.99. The van der Waals surface area contributed by atoms with Gasteiger partial charge in [-0.3, -0.25) is 9.59 Å². The Morgan fingerprint density at radius 3 is 1.50 bits per heavy atom. The molecule has 1 heterocycles. The number of esters is 1. The van der Waals surface area contributed by atoms with E-state index in [2.05, 4.69) is 0 Å². The van der Waals surface area contributed by atoms with Crippen LogP contribution < -0.4 is 0 Å². The van der Waals surface area contributed by atoms with Gasteiger partial charge in [0.15, 0.2) is 0 Å². The molecule has 1 aliphatic heterocycles. The van der Waals surface area contributed by atoms with E-state index in [1.54, 1.807) is 54.6 Å². The molecule has 0 atom stereocenters. The van der Waals surface area contributed by atoms with Crippen molar-refractivity contribution >= 4 is 23.8 Å². The second kappa shape index (κ2) is 7.63. The first-order chi connectivity index (χ1) is 14.5. The number of fused-ring (bicyclic) bond motifs is 1. The summed E-state index contributed by atoms with van der Waals surface area (Å²) in [6, 6.07) is 19.3. The molecule has 0 radical (unpaired) electrons. The summed E-state index contributed by atoms with van der Waals surface area (Å²) in [5.74, 6) is -2.89. The minimum Gasteiger partial charge on any atom is -0.465 e. The lowest BCUT2D eigenvalue weighted by atomic mass is 9.95. The van der Waals surface area contributed by atoms with Crippen molar-refractivity contribution in [3.8, 4) is 11.1 Å². The number of ether oxygens (including phenoxy) is 1. The number of rotatable bonds is 4. The molecule has 0 bridgehead atoms. The average Bonchev–Trinajstić information content (AvgIpc) is 3.03. The topological polar surface area (TPSA) is 90.0 Å². The Balaban J connectivity index is 1.69. The Morgan fingerprint density at radius 1 is 0.633 bits per heavy atom. The molecule has 148 valence electrons. The van der Waals surface area contributed by atoms with Crippen LogP contribution in [0.4, 0.5) is 0 Å². The molecule has 0 spiro atoms. The first-order valence-electron chi connectivity index (χ1n) is 8.99. The normalized spacial score (nSPS) is 12.5. The number of hydrogen-bond acceptors (Lipinski definition) is 6. The van der Waals surface area contributed by atoms with Gasteiger partial charge in [-0.25, -0.2) is 9.59 Å². The molecule has 4 rings (SSSR count). The van der Waals surface area contributed by atoms with Gasteiger partial charge >= 0.3 is 11.9 Å². The molecular formula is C23H15NO6. The third kappa shape index (κ3) is 3.12. The summed E-state index contributed by atoms with van der Waals surface area (Å²) in [6.07, 6.45) is 0. The summed E-state index contributed by atoms with van der Waals surface area (Å²) < 4.78 is 4.82. The second-order valence-corrected chi connectivity index (χ2v) is 6.41. The van der Waals surface area contributed by atoms with Crippen LogP contribution in [0.2, 0.25) is 0 Å². The Hall–Kier alpha value is -4.26. The van der Waals surface area contributed by atoms with E-state index >= 15 is 0 Å². The molecule has 0 fully saturated rings. The maximum Gasteiger partial charge on any atom is 0.364 e. The average molecular weight is 401 g/mol. The minimum atomic E-state index is -0.903. The van der Waals surface area contributed by atoms with Crippen LogP contribution in [0.3, 0.4) is 0 Å². The van der Waals surface area contributed by atoms with Gasteiger partial charge in [-0.2, -0.15) is 0 Å². The predicted octanol–water partition coefficient (Wildman–Crippen LogP) is 3.51. The van der Waals surface area contributed by atoms with E-state index in [9.17, 15) is 19.2 Å². The van der Waals surface area contributed by atoms with Crippen molar-refractivity contribution in [1.82, 2.24) is 5.06 Å². The number of hydroxylamine groups is 2. The molecule has 0 saturated carbocycles. The summed E-state index contributed by atoms with van der Waals surface area (Å²) in [5.41, 5.74) is 1.55. The highest BCUT2D eigenvalue weighted by Gasteiger charge is 2.39. The van der Waals surface area contributed by atoms with Crippen LogP contribution in [-0.2, 0) is 9.57 Å². The number of hydrogen-bond donors (Lipinski definition) is 0. The number of amides is 2. The number of benzene rings is 3. The lowest BCUT2D eigenvalue weighted by Gasteiger charge is -2.15. The maximum absolute atomic E-state index is 12.9. The highest BCUT2D eigenvalue weighted by atomic mass is 16.7. The lowest BCUT2D eigenvalue weighted by Crippen LogP contribution is -2.32. The number of carbonyl (C=O) groups is 4. The van der Waals surface area contributed by atoms with Crippen LogP contribution in [0.25, 0.3) is 11.1 Å². The van der Waals surface area contributed by atoms with Crippen LogP contribution >= 0.6 is 0 Å². The van der Waals surface area contributed by atoms with Crippen molar-refractivity contribution in [2.45, 2.75) is 0 Å². The maximum atomic E-state index is 12.9. The second-order valence-electron chi connectivity index (χ2n) is 6.41. The molecule has 0 aliphatic carbocycles. The van der Waals surface area contributed by atoms with E-state index in [0.717, 1.165) is 0 Å². The fourth-order valence-electron chi connectivity index (χ4n) is 3.28. The molecule has 1 aliphatic rings. The summed E-state index contributed by atoms with van der Waals surface area (Å²) in [5, 5.41) is 0.454. The smallest absolute Gasteiger partial charge is 0.364 e. The number of carbonyl (C=O) groups excluding carboxylic acids is 4.